The van der Waals surface area contributed by atoms with Gasteiger partial charge in [-0.1, -0.05) is 48.5 Å². The molecule has 0 bridgehead atoms. The zero-order valence-electron chi connectivity index (χ0n) is 19.2. The highest BCUT2D eigenvalue weighted by Crippen LogP contribution is 2.44. The van der Waals surface area contributed by atoms with Crippen LogP contribution >= 0.6 is 0 Å². The van der Waals surface area contributed by atoms with E-state index in [2.05, 4.69) is 29.6 Å². The number of amides is 2. The van der Waals surface area contributed by atoms with E-state index in [1.54, 1.807) is 4.90 Å². The van der Waals surface area contributed by atoms with E-state index in [0.29, 0.717) is 32.5 Å². The number of hydrogen-bond acceptors (Lipinski definition) is 5. The zero-order valence-corrected chi connectivity index (χ0v) is 19.2. The molecule has 1 heterocycles. The SMILES string of the molecule is CCN(CCCC(=O)O)C(=O)C1OCCC1NC(=O)OCC1c2ccccc2-c2ccccc21. The molecule has 1 fully saturated rings. The third kappa shape index (κ3) is 5.07. The average molecular weight is 467 g/mol. The maximum atomic E-state index is 12.9. The van der Waals surface area contributed by atoms with Crippen LogP contribution in [0.2, 0.25) is 0 Å². The Morgan fingerprint density at radius 2 is 1.74 bits per heavy atom. The predicted molar refractivity (Wildman–Crippen MR) is 125 cm³/mol. The molecule has 0 saturated carbocycles. The van der Waals surface area contributed by atoms with Gasteiger partial charge in [-0.2, -0.15) is 0 Å². The molecule has 8 nitrogen and oxygen atoms in total. The number of likely N-dealkylation sites (N-methyl/N-ethyl adjacent to an activating group) is 1. The Morgan fingerprint density at radius 3 is 2.35 bits per heavy atom. The molecular weight excluding hydrogens is 436 g/mol. The molecule has 1 aliphatic carbocycles. The number of carbonyl (C=O) groups is 3. The lowest BCUT2D eigenvalue weighted by atomic mass is 9.98. The summed E-state index contributed by atoms with van der Waals surface area (Å²) in [5.41, 5.74) is 4.58. The molecule has 2 aromatic carbocycles. The number of nitrogens with one attached hydrogen (secondary N) is 1. The molecule has 8 heteroatoms. The summed E-state index contributed by atoms with van der Waals surface area (Å²) < 4.78 is 11.2. The molecule has 2 amide bonds. The number of carbonyl (C=O) groups excluding carboxylic acids is 2. The van der Waals surface area contributed by atoms with Crippen molar-refractivity contribution < 1.29 is 29.0 Å². The van der Waals surface area contributed by atoms with E-state index in [9.17, 15) is 14.4 Å². The fourth-order valence-electron chi connectivity index (χ4n) is 4.80. The highest BCUT2D eigenvalue weighted by Gasteiger charge is 2.38. The third-order valence-corrected chi connectivity index (χ3v) is 6.49. The van der Waals surface area contributed by atoms with Crippen LogP contribution in [0.5, 0.6) is 0 Å². The van der Waals surface area contributed by atoms with Gasteiger partial charge in [0.15, 0.2) is 6.10 Å². The fourth-order valence-corrected chi connectivity index (χ4v) is 4.80. The number of hydrogen-bond donors (Lipinski definition) is 2. The number of ether oxygens (including phenoxy) is 2. The van der Waals surface area contributed by atoms with Crippen molar-refractivity contribution in [3.63, 3.8) is 0 Å². The van der Waals surface area contributed by atoms with Gasteiger partial charge in [-0.15, -0.1) is 0 Å². The summed E-state index contributed by atoms with van der Waals surface area (Å²) in [4.78, 5) is 37.9. The molecule has 0 radical (unpaired) electrons. The number of carboxylic acid groups (broad SMARTS) is 1. The molecule has 2 N–H and O–H groups in total. The quantitative estimate of drug-likeness (QED) is 0.587. The Morgan fingerprint density at radius 1 is 1.09 bits per heavy atom. The van der Waals surface area contributed by atoms with Crippen molar-refractivity contribution >= 4 is 18.0 Å². The average Bonchev–Trinajstić information content (AvgIpc) is 3.42. The van der Waals surface area contributed by atoms with Crippen LogP contribution in [0.25, 0.3) is 11.1 Å². The fraction of sp³-hybridized carbons (Fsp3) is 0.423. The lowest BCUT2D eigenvalue weighted by Crippen LogP contribution is -2.50. The minimum Gasteiger partial charge on any atom is -0.481 e. The van der Waals surface area contributed by atoms with E-state index < -0.39 is 24.2 Å². The lowest BCUT2D eigenvalue weighted by Gasteiger charge is -2.27. The monoisotopic (exact) mass is 466 g/mol. The van der Waals surface area contributed by atoms with Crippen LogP contribution in [0.15, 0.2) is 48.5 Å². The molecule has 2 aliphatic rings. The summed E-state index contributed by atoms with van der Waals surface area (Å²) in [6.07, 6.45) is -0.509. The summed E-state index contributed by atoms with van der Waals surface area (Å²) in [7, 11) is 0. The molecular formula is C26H30N2O6. The number of alkyl carbamates (subject to hydrolysis) is 1. The number of carboxylic acids is 1. The molecule has 2 aromatic rings. The molecule has 2 unspecified atom stereocenters. The molecule has 2 atom stereocenters. The highest BCUT2D eigenvalue weighted by atomic mass is 16.6. The van der Waals surface area contributed by atoms with E-state index in [4.69, 9.17) is 14.6 Å². The van der Waals surface area contributed by atoms with Crippen LogP contribution in [0.1, 0.15) is 43.2 Å². The van der Waals surface area contributed by atoms with Crippen molar-refractivity contribution in [1.82, 2.24) is 10.2 Å². The van der Waals surface area contributed by atoms with Gasteiger partial charge < -0.3 is 24.8 Å². The van der Waals surface area contributed by atoms with E-state index >= 15 is 0 Å². The number of rotatable bonds is 9. The first-order chi connectivity index (χ1) is 16.5. The Hall–Kier alpha value is -3.39. The summed E-state index contributed by atoms with van der Waals surface area (Å²) in [6.45, 7) is 3.16. The first kappa shape index (κ1) is 23.8. The second kappa shape index (κ2) is 10.7. The standard InChI is InChI=1S/C26H30N2O6/c1-2-28(14-7-12-23(29)30)25(31)24-22(13-15-33-24)27-26(32)34-16-21-19-10-5-3-8-17(19)18-9-4-6-11-20(18)21/h3-6,8-11,21-22,24H,2,7,12-16H2,1H3,(H,27,32)(H,29,30). The third-order valence-electron chi connectivity index (χ3n) is 6.49. The van der Waals surface area contributed by atoms with Gasteiger partial charge >= 0.3 is 12.1 Å². The maximum Gasteiger partial charge on any atom is 0.407 e. The van der Waals surface area contributed by atoms with Crippen molar-refractivity contribution in [1.29, 1.82) is 0 Å². The van der Waals surface area contributed by atoms with E-state index in [1.807, 2.05) is 31.2 Å². The smallest absolute Gasteiger partial charge is 0.407 e. The lowest BCUT2D eigenvalue weighted by molar-refractivity contribution is -0.142. The zero-order chi connectivity index (χ0) is 24.1. The van der Waals surface area contributed by atoms with Gasteiger partial charge in [0.2, 0.25) is 0 Å². The minimum atomic E-state index is -0.893. The summed E-state index contributed by atoms with van der Waals surface area (Å²) in [5, 5.41) is 11.6. The normalized spacial score (nSPS) is 18.7. The Kier molecular flexibility index (Phi) is 7.47. The molecule has 4 rings (SSSR count). The van der Waals surface area contributed by atoms with Crippen molar-refractivity contribution in [3.05, 3.63) is 59.7 Å². The van der Waals surface area contributed by atoms with Crippen LogP contribution in [0, 0.1) is 0 Å². The van der Waals surface area contributed by atoms with Crippen molar-refractivity contribution in [2.75, 3.05) is 26.3 Å². The number of benzene rings is 2. The van der Waals surface area contributed by atoms with Crippen LogP contribution in [-0.2, 0) is 19.1 Å². The van der Waals surface area contributed by atoms with Crippen molar-refractivity contribution in [2.24, 2.45) is 0 Å². The van der Waals surface area contributed by atoms with Crippen LogP contribution < -0.4 is 5.32 Å². The molecule has 180 valence electrons. The number of aliphatic carboxylic acids is 1. The van der Waals surface area contributed by atoms with Crippen molar-refractivity contribution in [2.45, 2.75) is 44.2 Å². The molecule has 1 saturated heterocycles. The summed E-state index contributed by atoms with van der Waals surface area (Å²) in [6, 6.07) is 15.8. The van der Waals surface area contributed by atoms with Gasteiger partial charge in [-0.05, 0) is 42.0 Å². The van der Waals surface area contributed by atoms with Gasteiger partial charge in [0.25, 0.3) is 5.91 Å². The first-order valence-electron chi connectivity index (χ1n) is 11.7. The Labute approximate surface area is 198 Å². The molecule has 1 aliphatic heterocycles. The van der Waals surface area contributed by atoms with E-state index in [-0.39, 0.29) is 24.9 Å². The van der Waals surface area contributed by atoms with Gasteiger partial charge in [-0.25, -0.2) is 4.79 Å². The molecule has 34 heavy (non-hydrogen) atoms. The van der Waals surface area contributed by atoms with Gasteiger partial charge in [0.05, 0.1) is 6.04 Å². The van der Waals surface area contributed by atoms with Crippen LogP contribution in [0.3, 0.4) is 0 Å². The first-order valence-corrected chi connectivity index (χ1v) is 11.7. The largest absolute Gasteiger partial charge is 0.481 e. The number of nitrogens with zero attached hydrogens (tertiary/aromatic N) is 1. The van der Waals surface area contributed by atoms with Crippen molar-refractivity contribution in [3.8, 4) is 11.1 Å². The number of fused-ring (bicyclic) bond motifs is 3. The van der Waals surface area contributed by atoms with Crippen LogP contribution in [0.4, 0.5) is 4.79 Å². The summed E-state index contributed by atoms with van der Waals surface area (Å²) >= 11 is 0. The second-order valence-electron chi connectivity index (χ2n) is 8.57. The maximum absolute atomic E-state index is 12.9. The van der Waals surface area contributed by atoms with Crippen LogP contribution in [-0.4, -0.2) is 66.4 Å². The van der Waals surface area contributed by atoms with Gasteiger partial charge in [0, 0.05) is 32.0 Å². The molecule has 0 aromatic heterocycles. The van der Waals surface area contributed by atoms with Gasteiger partial charge in [-0.3, -0.25) is 9.59 Å². The van der Waals surface area contributed by atoms with E-state index in [0.717, 1.165) is 22.3 Å². The topological polar surface area (TPSA) is 105 Å². The Bertz CT molecular complexity index is 1010. The Balaban J connectivity index is 1.35. The summed E-state index contributed by atoms with van der Waals surface area (Å²) in [5.74, 6) is -1.18. The predicted octanol–water partition coefficient (Wildman–Crippen LogP) is 3.40. The van der Waals surface area contributed by atoms with Gasteiger partial charge in [0.1, 0.15) is 6.61 Å². The minimum absolute atomic E-state index is 0.00324. The highest BCUT2D eigenvalue weighted by molar-refractivity contribution is 5.83. The second-order valence-corrected chi connectivity index (χ2v) is 8.57. The molecule has 0 spiro atoms. The van der Waals surface area contributed by atoms with E-state index in [1.165, 1.54) is 0 Å².